The fourth-order valence-corrected chi connectivity index (χ4v) is 4.33. The minimum absolute atomic E-state index is 0.240. The molecule has 0 bridgehead atoms. The van der Waals surface area contributed by atoms with Gasteiger partial charge in [0.25, 0.3) is 0 Å². The average Bonchev–Trinajstić information content (AvgIpc) is 2.91. The van der Waals surface area contributed by atoms with E-state index in [0.717, 1.165) is 18.4 Å². The van der Waals surface area contributed by atoms with Crippen LogP contribution in [0.25, 0.3) is 0 Å². The highest BCUT2D eigenvalue weighted by Crippen LogP contribution is 2.61. The molecule has 1 saturated carbocycles. The van der Waals surface area contributed by atoms with Gasteiger partial charge in [-0.25, -0.2) is 0 Å². The Morgan fingerprint density at radius 1 is 1.38 bits per heavy atom. The summed E-state index contributed by atoms with van der Waals surface area (Å²) in [7, 11) is 0. The Balaban J connectivity index is 1.90. The molecule has 16 heavy (non-hydrogen) atoms. The topological polar surface area (TPSA) is 12.5 Å². The van der Waals surface area contributed by atoms with Crippen molar-refractivity contribution in [1.29, 1.82) is 0 Å². The lowest BCUT2D eigenvalue weighted by Crippen LogP contribution is -2.39. The van der Waals surface area contributed by atoms with Crippen LogP contribution in [0.5, 0.6) is 0 Å². The van der Waals surface area contributed by atoms with Gasteiger partial charge in [-0.15, -0.1) is 0 Å². The summed E-state index contributed by atoms with van der Waals surface area (Å²) >= 11 is 0. The van der Waals surface area contributed by atoms with E-state index in [0.29, 0.717) is 5.41 Å². The fourth-order valence-electron chi connectivity index (χ4n) is 4.33. The molecule has 2 aliphatic carbocycles. The van der Waals surface area contributed by atoms with Crippen LogP contribution < -0.4 is 0 Å². The summed E-state index contributed by atoms with van der Waals surface area (Å²) < 4.78 is 5.76. The first-order chi connectivity index (χ1) is 7.57. The first-order valence-electron chi connectivity index (χ1n) is 6.86. The minimum atomic E-state index is 0.240. The molecule has 1 saturated heterocycles. The number of rotatable bonds is 1. The van der Waals surface area contributed by atoms with Crippen molar-refractivity contribution in [2.75, 3.05) is 6.61 Å². The van der Waals surface area contributed by atoms with Crippen LogP contribution >= 0.6 is 0 Å². The second kappa shape index (κ2) is 3.35. The van der Waals surface area contributed by atoms with E-state index in [1.54, 1.807) is 5.57 Å². The molecule has 3 aliphatic rings. The predicted octanol–water partition coefficient (Wildman–Crippen LogP) is 3.94. The van der Waals surface area contributed by atoms with Gasteiger partial charge in [-0.1, -0.05) is 18.6 Å². The van der Waals surface area contributed by atoms with E-state index in [-0.39, 0.29) is 5.60 Å². The van der Waals surface area contributed by atoms with Crippen LogP contribution in [0.15, 0.2) is 11.6 Å². The molecule has 1 heteroatoms. The molecular formula is C15H24O. The van der Waals surface area contributed by atoms with Crippen molar-refractivity contribution >= 4 is 0 Å². The molecule has 0 amide bonds. The van der Waals surface area contributed by atoms with Gasteiger partial charge in [-0.05, 0) is 63.2 Å². The third-order valence-corrected chi connectivity index (χ3v) is 5.72. The molecule has 90 valence electrons. The maximum absolute atomic E-state index is 5.76. The standard InChI is InChI=1S/C15H24O/c1-11-6-8-15(9-7-11)12(2)4-5-13(15)14(3)10-16-14/h6,12-13H,4-5,7-10H2,1-3H3/t12-,13-,14-,15-/m1/s1. The second-order valence-corrected chi connectivity index (χ2v) is 6.62. The molecule has 0 aromatic carbocycles. The van der Waals surface area contributed by atoms with Crippen molar-refractivity contribution in [2.24, 2.45) is 17.3 Å². The molecule has 0 aromatic heterocycles. The van der Waals surface area contributed by atoms with E-state index in [4.69, 9.17) is 4.74 Å². The Bertz CT molecular complexity index is 326. The first kappa shape index (κ1) is 10.8. The highest BCUT2D eigenvalue weighted by molar-refractivity contribution is 5.16. The number of hydrogen-bond acceptors (Lipinski definition) is 1. The van der Waals surface area contributed by atoms with Gasteiger partial charge < -0.3 is 4.74 Å². The Hall–Kier alpha value is -0.300. The number of hydrogen-bond donors (Lipinski definition) is 0. The molecular weight excluding hydrogens is 196 g/mol. The van der Waals surface area contributed by atoms with Crippen LogP contribution in [0.4, 0.5) is 0 Å². The molecule has 0 aromatic rings. The molecule has 0 N–H and O–H groups in total. The van der Waals surface area contributed by atoms with E-state index in [1.165, 1.54) is 32.1 Å². The van der Waals surface area contributed by atoms with Gasteiger partial charge in [0.1, 0.15) is 0 Å². The Kier molecular flexibility index (Phi) is 2.27. The number of ether oxygens (including phenoxy) is 1. The molecule has 1 aliphatic heterocycles. The Morgan fingerprint density at radius 2 is 2.12 bits per heavy atom. The summed E-state index contributed by atoms with van der Waals surface area (Å²) in [6, 6.07) is 0. The third-order valence-electron chi connectivity index (χ3n) is 5.72. The molecule has 1 spiro atoms. The maximum Gasteiger partial charge on any atom is 0.0922 e. The molecule has 3 rings (SSSR count). The lowest BCUT2D eigenvalue weighted by molar-refractivity contribution is 0.0637. The van der Waals surface area contributed by atoms with Gasteiger partial charge in [0.05, 0.1) is 12.2 Å². The summed E-state index contributed by atoms with van der Waals surface area (Å²) in [5, 5.41) is 0. The van der Waals surface area contributed by atoms with Crippen LogP contribution in [-0.2, 0) is 4.74 Å². The normalized spacial score (nSPS) is 51.8. The van der Waals surface area contributed by atoms with E-state index >= 15 is 0 Å². The zero-order chi connectivity index (χ0) is 11.4. The van der Waals surface area contributed by atoms with Crippen molar-refractivity contribution in [3.05, 3.63) is 11.6 Å². The largest absolute Gasteiger partial charge is 0.370 e. The van der Waals surface area contributed by atoms with Crippen LogP contribution in [0.2, 0.25) is 0 Å². The fraction of sp³-hybridized carbons (Fsp3) is 0.867. The SMILES string of the molecule is CC1=CC[C@@]2(CC1)[C@H](C)CC[C@@H]2[C@@]1(C)CO1. The van der Waals surface area contributed by atoms with Crippen molar-refractivity contribution < 1.29 is 4.74 Å². The van der Waals surface area contributed by atoms with Crippen molar-refractivity contribution in [1.82, 2.24) is 0 Å². The van der Waals surface area contributed by atoms with Crippen LogP contribution in [0.3, 0.4) is 0 Å². The molecule has 4 atom stereocenters. The molecule has 1 nitrogen and oxygen atoms in total. The lowest BCUT2D eigenvalue weighted by Gasteiger charge is -2.43. The van der Waals surface area contributed by atoms with Gasteiger partial charge in [0.2, 0.25) is 0 Å². The molecule has 1 heterocycles. The van der Waals surface area contributed by atoms with E-state index in [1.807, 2.05) is 0 Å². The first-order valence-corrected chi connectivity index (χ1v) is 6.86. The van der Waals surface area contributed by atoms with Gasteiger partial charge in [0, 0.05) is 0 Å². The Labute approximate surface area is 99.3 Å². The lowest BCUT2D eigenvalue weighted by atomic mass is 9.61. The smallest absolute Gasteiger partial charge is 0.0922 e. The van der Waals surface area contributed by atoms with Gasteiger partial charge >= 0.3 is 0 Å². The van der Waals surface area contributed by atoms with Crippen LogP contribution in [0, 0.1) is 17.3 Å². The van der Waals surface area contributed by atoms with Gasteiger partial charge in [0.15, 0.2) is 0 Å². The van der Waals surface area contributed by atoms with Crippen LogP contribution in [0.1, 0.15) is 52.9 Å². The molecule has 2 fully saturated rings. The quantitative estimate of drug-likeness (QED) is 0.481. The van der Waals surface area contributed by atoms with Gasteiger partial charge in [-0.2, -0.15) is 0 Å². The van der Waals surface area contributed by atoms with Crippen LogP contribution in [-0.4, -0.2) is 12.2 Å². The number of epoxide rings is 1. The minimum Gasteiger partial charge on any atom is -0.370 e. The van der Waals surface area contributed by atoms with Gasteiger partial charge in [-0.3, -0.25) is 0 Å². The average molecular weight is 220 g/mol. The van der Waals surface area contributed by atoms with Crippen molar-refractivity contribution in [3.8, 4) is 0 Å². The second-order valence-electron chi connectivity index (χ2n) is 6.62. The predicted molar refractivity (Wildman–Crippen MR) is 66.3 cm³/mol. The van der Waals surface area contributed by atoms with E-state index < -0.39 is 0 Å². The summed E-state index contributed by atoms with van der Waals surface area (Å²) in [5.74, 6) is 1.71. The summed E-state index contributed by atoms with van der Waals surface area (Å²) in [5.41, 5.74) is 2.42. The molecule has 0 unspecified atom stereocenters. The zero-order valence-electron chi connectivity index (χ0n) is 10.9. The van der Waals surface area contributed by atoms with E-state index in [2.05, 4.69) is 26.8 Å². The molecule has 0 radical (unpaired) electrons. The van der Waals surface area contributed by atoms with E-state index in [9.17, 15) is 0 Å². The summed E-state index contributed by atoms with van der Waals surface area (Å²) in [6.07, 6.45) is 9.34. The Morgan fingerprint density at radius 3 is 2.69 bits per heavy atom. The van der Waals surface area contributed by atoms with Crippen molar-refractivity contribution in [2.45, 2.75) is 58.5 Å². The van der Waals surface area contributed by atoms with Crippen molar-refractivity contribution in [3.63, 3.8) is 0 Å². The monoisotopic (exact) mass is 220 g/mol. The highest BCUT2D eigenvalue weighted by atomic mass is 16.6. The summed E-state index contributed by atoms with van der Waals surface area (Å²) in [4.78, 5) is 0. The summed E-state index contributed by atoms with van der Waals surface area (Å²) in [6.45, 7) is 8.11. The zero-order valence-corrected chi connectivity index (χ0v) is 10.9. The number of allylic oxidation sites excluding steroid dienone is 2. The third kappa shape index (κ3) is 1.40. The maximum atomic E-state index is 5.76. The highest BCUT2D eigenvalue weighted by Gasteiger charge is 2.60.